The lowest BCUT2D eigenvalue weighted by atomic mass is 10.2. The molecule has 0 aliphatic carbocycles. The van der Waals surface area contributed by atoms with Gasteiger partial charge in [-0.15, -0.1) is 11.3 Å². The Bertz CT molecular complexity index is 978. The molecule has 0 saturated carbocycles. The number of rotatable bonds is 7. The number of para-hydroxylation sites is 1. The lowest BCUT2D eigenvalue weighted by Crippen LogP contribution is -2.27. The van der Waals surface area contributed by atoms with E-state index in [9.17, 15) is 9.18 Å². The van der Waals surface area contributed by atoms with Crippen molar-refractivity contribution in [1.29, 1.82) is 0 Å². The van der Waals surface area contributed by atoms with Crippen molar-refractivity contribution >= 4 is 28.6 Å². The minimum absolute atomic E-state index is 0.196. The van der Waals surface area contributed by atoms with Gasteiger partial charge in [0.15, 0.2) is 11.5 Å². The Labute approximate surface area is 172 Å². The molecule has 0 bridgehead atoms. The van der Waals surface area contributed by atoms with Gasteiger partial charge in [-0.1, -0.05) is 18.2 Å². The molecule has 4 rings (SSSR count). The van der Waals surface area contributed by atoms with Crippen LogP contribution in [0.15, 0.2) is 60.0 Å². The van der Waals surface area contributed by atoms with Crippen LogP contribution >= 0.6 is 11.3 Å². The minimum Gasteiger partial charge on any atom is -0.486 e. The van der Waals surface area contributed by atoms with Gasteiger partial charge in [-0.3, -0.25) is 4.79 Å². The maximum Gasteiger partial charge on any atom is 0.226 e. The molecule has 0 spiro atoms. The van der Waals surface area contributed by atoms with Gasteiger partial charge in [-0.25, -0.2) is 4.39 Å². The van der Waals surface area contributed by atoms with Crippen LogP contribution in [0.25, 0.3) is 0 Å². The van der Waals surface area contributed by atoms with E-state index in [-0.39, 0.29) is 18.0 Å². The zero-order valence-corrected chi connectivity index (χ0v) is 16.6. The van der Waals surface area contributed by atoms with Crippen LogP contribution < -0.4 is 19.7 Å². The van der Waals surface area contributed by atoms with E-state index in [0.29, 0.717) is 32.1 Å². The molecule has 2 heterocycles. The average molecular weight is 412 g/mol. The number of fused-ring (bicyclic) bond motifs is 1. The number of anilines is 2. The first-order chi connectivity index (χ1) is 14.2. The van der Waals surface area contributed by atoms with Gasteiger partial charge in [-0.2, -0.15) is 0 Å². The Balaban J connectivity index is 1.47. The van der Waals surface area contributed by atoms with Crippen LogP contribution in [0.2, 0.25) is 0 Å². The van der Waals surface area contributed by atoms with Gasteiger partial charge in [-0.05, 0) is 35.7 Å². The number of benzene rings is 2. The average Bonchev–Trinajstić information content (AvgIpc) is 3.25. The second kappa shape index (κ2) is 8.96. The molecular weight excluding hydrogens is 391 g/mol. The number of carbonyl (C=O) groups excluding carboxylic acids is 1. The van der Waals surface area contributed by atoms with E-state index in [4.69, 9.17) is 9.47 Å². The summed E-state index contributed by atoms with van der Waals surface area (Å²) in [5.74, 6) is 0.765. The molecule has 150 valence electrons. The van der Waals surface area contributed by atoms with Crippen LogP contribution in [0.5, 0.6) is 11.5 Å². The molecule has 0 radical (unpaired) electrons. The van der Waals surface area contributed by atoms with Gasteiger partial charge >= 0.3 is 0 Å². The quantitative estimate of drug-likeness (QED) is 0.612. The lowest BCUT2D eigenvalue weighted by molar-refractivity contribution is -0.116. The number of amides is 1. The van der Waals surface area contributed by atoms with Crippen LogP contribution in [0.3, 0.4) is 0 Å². The second-order valence-corrected chi connectivity index (χ2v) is 7.64. The van der Waals surface area contributed by atoms with Gasteiger partial charge in [0.25, 0.3) is 0 Å². The molecule has 7 heteroatoms. The molecule has 1 aliphatic rings. The van der Waals surface area contributed by atoms with Crippen LogP contribution in [0.4, 0.5) is 15.8 Å². The number of carbonyl (C=O) groups is 1. The summed E-state index contributed by atoms with van der Waals surface area (Å²) in [5, 5.41) is 4.67. The fourth-order valence-electron chi connectivity index (χ4n) is 3.13. The first-order valence-corrected chi connectivity index (χ1v) is 10.3. The first-order valence-electron chi connectivity index (χ1n) is 9.40. The van der Waals surface area contributed by atoms with Crippen molar-refractivity contribution in [3.63, 3.8) is 0 Å². The minimum atomic E-state index is -0.442. The third-order valence-electron chi connectivity index (χ3n) is 4.57. The SMILES string of the molecule is O=C(CCN(Cc1cccs1)c1ccc2c(c1)OCCO2)Nc1ccccc1F. The van der Waals surface area contributed by atoms with E-state index >= 15 is 0 Å². The van der Waals surface area contributed by atoms with Gasteiger partial charge in [0, 0.05) is 29.6 Å². The molecule has 0 unspecified atom stereocenters. The molecule has 2 aromatic carbocycles. The predicted octanol–water partition coefficient (Wildman–Crippen LogP) is 4.69. The van der Waals surface area contributed by atoms with Crippen molar-refractivity contribution in [2.45, 2.75) is 13.0 Å². The van der Waals surface area contributed by atoms with Crippen molar-refractivity contribution in [3.8, 4) is 11.5 Å². The standard InChI is InChI=1S/C22H21FN2O3S/c23-18-5-1-2-6-19(18)24-22(26)9-10-25(15-17-4-3-13-29-17)16-7-8-20-21(14-16)28-12-11-27-20/h1-8,13-14H,9-12,15H2,(H,24,26). The Kier molecular flexibility index (Phi) is 5.95. The molecule has 0 saturated heterocycles. The highest BCUT2D eigenvalue weighted by Crippen LogP contribution is 2.34. The van der Waals surface area contributed by atoms with Crippen LogP contribution in [-0.4, -0.2) is 25.7 Å². The van der Waals surface area contributed by atoms with Gasteiger partial charge in [0.1, 0.15) is 19.0 Å². The van der Waals surface area contributed by atoms with Crippen molar-refractivity contribution in [1.82, 2.24) is 0 Å². The Hall–Kier alpha value is -3.06. The summed E-state index contributed by atoms with van der Waals surface area (Å²) in [5.41, 5.74) is 1.14. The molecule has 1 aromatic heterocycles. The summed E-state index contributed by atoms with van der Waals surface area (Å²) < 4.78 is 25.1. The maximum absolute atomic E-state index is 13.8. The van der Waals surface area contributed by atoms with Crippen molar-refractivity contribution < 1.29 is 18.7 Å². The highest BCUT2D eigenvalue weighted by atomic mass is 32.1. The molecule has 3 aromatic rings. The molecule has 0 fully saturated rings. The number of ether oxygens (including phenoxy) is 2. The number of hydrogen-bond donors (Lipinski definition) is 1. The van der Waals surface area contributed by atoms with Crippen LogP contribution in [0.1, 0.15) is 11.3 Å². The largest absolute Gasteiger partial charge is 0.486 e. The fraction of sp³-hybridized carbons (Fsp3) is 0.227. The van der Waals surface area contributed by atoms with E-state index < -0.39 is 5.82 Å². The topological polar surface area (TPSA) is 50.8 Å². The Morgan fingerprint density at radius 2 is 1.90 bits per heavy atom. The van der Waals surface area contributed by atoms with Gasteiger partial charge in [0.05, 0.1) is 12.2 Å². The second-order valence-electron chi connectivity index (χ2n) is 6.61. The fourth-order valence-corrected chi connectivity index (χ4v) is 3.85. The predicted molar refractivity (Wildman–Crippen MR) is 112 cm³/mol. The van der Waals surface area contributed by atoms with Crippen LogP contribution in [-0.2, 0) is 11.3 Å². The number of thiophene rings is 1. The molecular formula is C22H21FN2O3S. The number of hydrogen-bond acceptors (Lipinski definition) is 5. The van der Waals surface area contributed by atoms with E-state index in [2.05, 4.69) is 16.3 Å². The van der Waals surface area contributed by atoms with Crippen molar-refractivity contribution in [2.24, 2.45) is 0 Å². The Morgan fingerprint density at radius 1 is 1.07 bits per heavy atom. The summed E-state index contributed by atoms with van der Waals surface area (Å²) in [6, 6.07) is 16.0. The first kappa shape index (κ1) is 19.3. The summed E-state index contributed by atoms with van der Waals surface area (Å²) in [7, 11) is 0. The molecule has 5 nitrogen and oxygen atoms in total. The summed E-state index contributed by atoms with van der Waals surface area (Å²) in [6.45, 7) is 2.22. The van der Waals surface area contributed by atoms with Crippen molar-refractivity contribution in [3.05, 3.63) is 70.7 Å². The number of nitrogens with zero attached hydrogens (tertiary/aromatic N) is 1. The summed E-state index contributed by atoms with van der Waals surface area (Å²) >= 11 is 1.67. The Morgan fingerprint density at radius 3 is 2.69 bits per heavy atom. The normalized spacial score (nSPS) is 12.4. The smallest absolute Gasteiger partial charge is 0.226 e. The number of halogens is 1. The molecule has 0 atom stereocenters. The highest BCUT2D eigenvalue weighted by Gasteiger charge is 2.17. The summed E-state index contributed by atoms with van der Waals surface area (Å²) in [6.07, 6.45) is 0.230. The number of nitrogens with one attached hydrogen (secondary N) is 1. The third-order valence-corrected chi connectivity index (χ3v) is 5.44. The van der Waals surface area contributed by atoms with E-state index in [1.165, 1.54) is 10.9 Å². The molecule has 1 N–H and O–H groups in total. The van der Waals surface area contributed by atoms with Gasteiger partial charge in [0.2, 0.25) is 5.91 Å². The molecule has 1 amide bonds. The highest BCUT2D eigenvalue weighted by molar-refractivity contribution is 7.09. The van der Waals surface area contributed by atoms with Crippen molar-refractivity contribution in [2.75, 3.05) is 30.0 Å². The lowest BCUT2D eigenvalue weighted by Gasteiger charge is -2.26. The third kappa shape index (κ3) is 4.86. The van der Waals surface area contributed by atoms with E-state index in [0.717, 1.165) is 11.4 Å². The maximum atomic E-state index is 13.8. The molecule has 1 aliphatic heterocycles. The van der Waals surface area contributed by atoms with E-state index in [1.54, 1.807) is 29.5 Å². The monoisotopic (exact) mass is 412 g/mol. The summed E-state index contributed by atoms with van der Waals surface area (Å²) in [4.78, 5) is 15.7. The van der Waals surface area contributed by atoms with Crippen LogP contribution in [0, 0.1) is 5.82 Å². The zero-order valence-electron chi connectivity index (χ0n) is 15.8. The molecule has 29 heavy (non-hydrogen) atoms. The van der Waals surface area contributed by atoms with Gasteiger partial charge < -0.3 is 19.7 Å². The zero-order chi connectivity index (χ0) is 20.1. The van der Waals surface area contributed by atoms with E-state index in [1.807, 2.05) is 29.6 Å².